The van der Waals surface area contributed by atoms with Gasteiger partial charge in [-0.15, -0.1) is 10.2 Å². The fourth-order valence-corrected chi connectivity index (χ4v) is 3.33. The van der Waals surface area contributed by atoms with Crippen LogP contribution in [0.3, 0.4) is 0 Å². The summed E-state index contributed by atoms with van der Waals surface area (Å²) >= 11 is 0. The molecular formula is C19H26N4O. The van der Waals surface area contributed by atoms with E-state index in [9.17, 15) is 4.79 Å². The Labute approximate surface area is 143 Å². The Hall–Kier alpha value is -2.17. The first-order valence-corrected chi connectivity index (χ1v) is 8.88. The highest BCUT2D eigenvalue weighted by atomic mass is 16.1. The molecule has 0 radical (unpaired) electrons. The van der Waals surface area contributed by atoms with Crippen molar-refractivity contribution in [3.8, 4) is 0 Å². The number of hydrogen-bond donors (Lipinski definition) is 1. The number of carbonyl (C=O) groups excluding carboxylic acids is 1. The van der Waals surface area contributed by atoms with E-state index in [2.05, 4.69) is 51.3 Å². The van der Waals surface area contributed by atoms with Crippen molar-refractivity contribution in [2.75, 3.05) is 0 Å². The summed E-state index contributed by atoms with van der Waals surface area (Å²) in [6.45, 7) is 5.09. The number of benzene rings is 1. The molecule has 1 amide bonds. The largest absolute Gasteiger partial charge is 0.346 e. The van der Waals surface area contributed by atoms with Gasteiger partial charge < -0.3 is 9.88 Å². The van der Waals surface area contributed by atoms with E-state index in [1.54, 1.807) is 0 Å². The minimum atomic E-state index is -0.0850. The first kappa shape index (κ1) is 16.7. The maximum Gasteiger partial charge on any atom is 0.220 e. The van der Waals surface area contributed by atoms with Gasteiger partial charge in [-0.25, -0.2) is 0 Å². The second-order valence-electron chi connectivity index (χ2n) is 6.85. The standard InChI is InChI=1S/C19H26N4O/c1-14(10-11-16-7-4-3-5-8-16)13-18(24)20-15(2)19-22-21-17-9-6-12-23(17)19/h3-5,7-8,14-15H,6,9-13H2,1-2H3,(H,20,24)/t14-,15-/m0/s1. The summed E-state index contributed by atoms with van der Waals surface area (Å²) in [7, 11) is 0. The van der Waals surface area contributed by atoms with Crippen LogP contribution < -0.4 is 5.32 Å². The van der Waals surface area contributed by atoms with Crippen LogP contribution in [-0.4, -0.2) is 20.7 Å². The van der Waals surface area contributed by atoms with Crippen molar-refractivity contribution in [3.05, 3.63) is 47.5 Å². The minimum absolute atomic E-state index is 0.0850. The third kappa shape index (κ3) is 4.02. The minimum Gasteiger partial charge on any atom is -0.346 e. The highest BCUT2D eigenvalue weighted by Crippen LogP contribution is 2.19. The average Bonchev–Trinajstić information content (AvgIpc) is 3.16. The molecule has 1 N–H and O–H groups in total. The number of hydrogen-bond acceptors (Lipinski definition) is 3. The average molecular weight is 326 g/mol. The van der Waals surface area contributed by atoms with E-state index in [1.807, 2.05) is 13.0 Å². The first-order valence-electron chi connectivity index (χ1n) is 8.88. The van der Waals surface area contributed by atoms with Gasteiger partial charge in [0.25, 0.3) is 0 Å². The number of aromatic nitrogens is 3. The van der Waals surface area contributed by atoms with Crippen LogP contribution >= 0.6 is 0 Å². The van der Waals surface area contributed by atoms with Crippen molar-refractivity contribution in [3.63, 3.8) is 0 Å². The number of amides is 1. The second kappa shape index (κ2) is 7.60. The number of aryl methyl sites for hydroxylation is 2. The number of nitrogens with zero attached hydrogens (tertiary/aromatic N) is 3. The molecule has 0 bridgehead atoms. The Morgan fingerprint density at radius 3 is 2.83 bits per heavy atom. The van der Waals surface area contributed by atoms with Crippen LogP contribution in [0, 0.1) is 5.92 Å². The highest BCUT2D eigenvalue weighted by Gasteiger charge is 2.22. The molecule has 5 nitrogen and oxygen atoms in total. The van der Waals surface area contributed by atoms with Gasteiger partial charge >= 0.3 is 0 Å². The molecule has 1 aromatic heterocycles. The van der Waals surface area contributed by atoms with Crippen molar-refractivity contribution in [1.82, 2.24) is 20.1 Å². The van der Waals surface area contributed by atoms with Gasteiger partial charge in [0.05, 0.1) is 6.04 Å². The van der Waals surface area contributed by atoms with E-state index >= 15 is 0 Å². The first-order chi connectivity index (χ1) is 11.6. The maximum atomic E-state index is 12.3. The fourth-order valence-electron chi connectivity index (χ4n) is 3.33. The predicted molar refractivity (Wildman–Crippen MR) is 93.4 cm³/mol. The molecule has 0 spiro atoms. The Morgan fingerprint density at radius 2 is 2.04 bits per heavy atom. The van der Waals surface area contributed by atoms with Crippen LogP contribution in [0.4, 0.5) is 0 Å². The van der Waals surface area contributed by atoms with E-state index < -0.39 is 0 Å². The lowest BCUT2D eigenvalue weighted by atomic mass is 9.98. The van der Waals surface area contributed by atoms with E-state index in [-0.39, 0.29) is 11.9 Å². The molecule has 0 aliphatic carbocycles. The Kier molecular flexibility index (Phi) is 5.28. The van der Waals surface area contributed by atoms with Gasteiger partial charge in [-0.3, -0.25) is 4.79 Å². The smallest absolute Gasteiger partial charge is 0.220 e. The summed E-state index contributed by atoms with van der Waals surface area (Å²) in [5, 5.41) is 11.5. The summed E-state index contributed by atoms with van der Waals surface area (Å²) in [5.41, 5.74) is 1.33. The van der Waals surface area contributed by atoms with Crippen molar-refractivity contribution >= 4 is 5.91 Å². The molecule has 2 atom stereocenters. The van der Waals surface area contributed by atoms with E-state index in [0.717, 1.165) is 43.9 Å². The van der Waals surface area contributed by atoms with Gasteiger partial charge in [0.1, 0.15) is 5.82 Å². The normalized spacial score (nSPS) is 15.8. The van der Waals surface area contributed by atoms with E-state index in [0.29, 0.717) is 12.3 Å². The third-order valence-electron chi connectivity index (χ3n) is 4.71. The van der Waals surface area contributed by atoms with Crippen LogP contribution in [-0.2, 0) is 24.2 Å². The molecule has 1 aliphatic heterocycles. The summed E-state index contributed by atoms with van der Waals surface area (Å²) < 4.78 is 2.14. The zero-order valence-corrected chi connectivity index (χ0v) is 14.5. The van der Waals surface area contributed by atoms with Gasteiger partial charge in [-0.1, -0.05) is 37.3 Å². The third-order valence-corrected chi connectivity index (χ3v) is 4.71. The number of carbonyl (C=O) groups is 1. The van der Waals surface area contributed by atoms with E-state index in [1.165, 1.54) is 5.56 Å². The summed E-state index contributed by atoms with van der Waals surface area (Å²) in [6.07, 6.45) is 4.70. The predicted octanol–water partition coefficient (Wildman–Crippen LogP) is 3.06. The lowest BCUT2D eigenvalue weighted by molar-refractivity contribution is -0.122. The molecule has 0 saturated heterocycles. The Balaban J connectivity index is 1.46. The van der Waals surface area contributed by atoms with Crippen molar-refractivity contribution in [2.24, 2.45) is 5.92 Å². The van der Waals surface area contributed by atoms with Gasteiger partial charge in [-0.2, -0.15) is 0 Å². The summed E-state index contributed by atoms with van der Waals surface area (Å²) in [6, 6.07) is 10.3. The van der Waals surface area contributed by atoms with Gasteiger partial charge in [-0.05, 0) is 37.7 Å². The van der Waals surface area contributed by atoms with E-state index in [4.69, 9.17) is 0 Å². The van der Waals surface area contributed by atoms with Crippen LogP contribution in [0.25, 0.3) is 0 Å². The molecule has 0 fully saturated rings. The van der Waals surface area contributed by atoms with Crippen molar-refractivity contribution in [1.29, 1.82) is 0 Å². The molecule has 0 unspecified atom stereocenters. The molecule has 3 rings (SSSR count). The molecule has 128 valence electrons. The van der Waals surface area contributed by atoms with Crippen molar-refractivity contribution in [2.45, 2.75) is 58.5 Å². The SMILES string of the molecule is C[C@@H](CCc1ccccc1)CC(=O)N[C@@H](C)c1nnc2n1CCC2. The number of rotatable bonds is 7. The topological polar surface area (TPSA) is 59.8 Å². The molecule has 1 aromatic carbocycles. The lowest BCUT2D eigenvalue weighted by Crippen LogP contribution is -2.29. The van der Waals surface area contributed by atoms with Crippen LogP contribution in [0.1, 0.15) is 56.4 Å². The Morgan fingerprint density at radius 1 is 1.25 bits per heavy atom. The molecule has 2 aromatic rings. The monoisotopic (exact) mass is 326 g/mol. The molecule has 0 saturated carbocycles. The summed E-state index contributed by atoms with van der Waals surface area (Å²) in [4.78, 5) is 12.3. The quantitative estimate of drug-likeness (QED) is 0.850. The summed E-state index contributed by atoms with van der Waals surface area (Å²) in [5.74, 6) is 2.38. The van der Waals surface area contributed by atoms with Crippen LogP contribution in [0.15, 0.2) is 30.3 Å². The number of nitrogens with one attached hydrogen (secondary N) is 1. The van der Waals surface area contributed by atoms with Gasteiger partial charge in [0, 0.05) is 19.4 Å². The zero-order valence-electron chi connectivity index (χ0n) is 14.5. The Bertz CT molecular complexity index is 680. The maximum absolute atomic E-state index is 12.3. The molecular weight excluding hydrogens is 300 g/mol. The van der Waals surface area contributed by atoms with Gasteiger partial charge in [0.2, 0.25) is 5.91 Å². The lowest BCUT2D eigenvalue weighted by Gasteiger charge is -2.16. The second-order valence-corrected chi connectivity index (χ2v) is 6.85. The van der Waals surface area contributed by atoms with Crippen LogP contribution in [0.2, 0.25) is 0 Å². The molecule has 24 heavy (non-hydrogen) atoms. The van der Waals surface area contributed by atoms with Crippen LogP contribution in [0.5, 0.6) is 0 Å². The fraction of sp³-hybridized carbons (Fsp3) is 0.526. The molecule has 1 aliphatic rings. The molecule has 2 heterocycles. The zero-order chi connectivity index (χ0) is 16.9. The van der Waals surface area contributed by atoms with Crippen molar-refractivity contribution < 1.29 is 4.79 Å². The molecule has 5 heteroatoms. The van der Waals surface area contributed by atoms with Gasteiger partial charge in [0.15, 0.2) is 5.82 Å². The highest BCUT2D eigenvalue weighted by molar-refractivity contribution is 5.76. The number of fused-ring (bicyclic) bond motifs is 1.